The second kappa shape index (κ2) is 5.52. The minimum absolute atomic E-state index is 0.00926. The van der Waals surface area contributed by atoms with Crippen LogP contribution in [0, 0.1) is 16.0 Å². The number of rotatable bonds is 5. The van der Waals surface area contributed by atoms with E-state index >= 15 is 0 Å². The summed E-state index contributed by atoms with van der Waals surface area (Å²) < 4.78 is 0. The molecule has 0 saturated heterocycles. The predicted octanol–water partition coefficient (Wildman–Crippen LogP) is 2.66. The van der Waals surface area contributed by atoms with Gasteiger partial charge in [0.25, 0.3) is 0 Å². The molecule has 0 aliphatic heterocycles. The Morgan fingerprint density at radius 2 is 2.12 bits per heavy atom. The SMILES string of the molecule is CCN(CC(C)C)c1cccc(N)c1[N+](=O)[O-]. The monoisotopic (exact) mass is 237 g/mol. The number of hydrogen-bond donors (Lipinski definition) is 1. The van der Waals surface area contributed by atoms with E-state index in [-0.39, 0.29) is 11.4 Å². The van der Waals surface area contributed by atoms with Gasteiger partial charge in [-0.3, -0.25) is 10.1 Å². The Morgan fingerprint density at radius 3 is 2.59 bits per heavy atom. The van der Waals surface area contributed by atoms with Crippen LogP contribution in [0.25, 0.3) is 0 Å². The molecule has 0 aliphatic rings. The van der Waals surface area contributed by atoms with Crippen molar-refractivity contribution in [1.82, 2.24) is 0 Å². The van der Waals surface area contributed by atoms with Crippen molar-refractivity contribution < 1.29 is 4.92 Å². The zero-order chi connectivity index (χ0) is 13.0. The molecule has 2 N–H and O–H groups in total. The van der Waals surface area contributed by atoms with Crippen LogP contribution in [0.3, 0.4) is 0 Å². The summed E-state index contributed by atoms with van der Waals surface area (Å²) in [5, 5.41) is 11.0. The van der Waals surface area contributed by atoms with Crippen molar-refractivity contribution in [2.75, 3.05) is 23.7 Å². The van der Waals surface area contributed by atoms with Crippen molar-refractivity contribution in [2.24, 2.45) is 5.92 Å². The molecule has 1 rings (SSSR count). The maximum absolute atomic E-state index is 11.0. The van der Waals surface area contributed by atoms with Crippen LogP contribution in [0.1, 0.15) is 20.8 Å². The second-order valence-corrected chi connectivity index (χ2v) is 4.40. The molecule has 0 aliphatic carbocycles. The van der Waals surface area contributed by atoms with E-state index in [9.17, 15) is 10.1 Å². The van der Waals surface area contributed by atoms with Crippen LogP contribution in [0.2, 0.25) is 0 Å². The summed E-state index contributed by atoms with van der Waals surface area (Å²) in [6.07, 6.45) is 0. The van der Waals surface area contributed by atoms with Gasteiger partial charge in [-0.2, -0.15) is 0 Å². The normalized spacial score (nSPS) is 10.6. The van der Waals surface area contributed by atoms with Gasteiger partial charge < -0.3 is 10.6 Å². The number of nitro benzene ring substituents is 1. The van der Waals surface area contributed by atoms with Gasteiger partial charge in [0, 0.05) is 13.1 Å². The molecule has 0 unspecified atom stereocenters. The summed E-state index contributed by atoms with van der Waals surface area (Å²) in [6.45, 7) is 7.65. The van der Waals surface area contributed by atoms with Crippen LogP contribution in [0.4, 0.5) is 17.1 Å². The third-order valence-electron chi connectivity index (χ3n) is 2.54. The minimum atomic E-state index is -0.409. The van der Waals surface area contributed by atoms with Crippen LogP contribution in [0.5, 0.6) is 0 Å². The van der Waals surface area contributed by atoms with Gasteiger partial charge in [0.1, 0.15) is 11.4 Å². The number of para-hydroxylation sites is 1. The molecule has 1 aromatic rings. The average molecular weight is 237 g/mol. The Hall–Kier alpha value is -1.78. The first-order valence-corrected chi connectivity index (χ1v) is 5.75. The van der Waals surface area contributed by atoms with Crippen LogP contribution >= 0.6 is 0 Å². The lowest BCUT2D eigenvalue weighted by molar-refractivity contribution is -0.383. The molecule has 0 atom stereocenters. The summed E-state index contributed by atoms with van der Waals surface area (Å²) in [6, 6.07) is 5.06. The fourth-order valence-corrected chi connectivity index (χ4v) is 1.84. The van der Waals surface area contributed by atoms with Gasteiger partial charge in [-0.05, 0) is 25.0 Å². The van der Waals surface area contributed by atoms with Crippen molar-refractivity contribution >= 4 is 17.1 Å². The van der Waals surface area contributed by atoms with Crippen LogP contribution in [0.15, 0.2) is 18.2 Å². The maximum Gasteiger partial charge on any atom is 0.315 e. The maximum atomic E-state index is 11.0. The van der Waals surface area contributed by atoms with E-state index in [0.29, 0.717) is 11.6 Å². The Bertz CT molecular complexity index is 405. The first-order chi connectivity index (χ1) is 7.97. The molecule has 0 heterocycles. The highest BCUT2D eigenvalue weighted by Gasteiger charge is 2.21. The van der Waals surface area contributed by atoms with Crippen molar-refractivity contribution in [1.29, 1.82) is 0 Å². The van der Waals surface area contributed by atoms with Gasteiger partial charge in [-0.1, -0.05) is 19.9 Å². The number of benzene rings is 1. The molecule has 0 radical (unpaired) electrons. The fourth-order valence-electron chi connectivity index (χ4n) is 1.84. The molecule has 17 heavy (non-hydrogen) atoms. The Balaban J connectivity index is 3.18. The molecule has 0 aromatic heterocycles. The van der Waals surface area contributed by atoms with Gasteiger partial charge in [-0.15, -0.1) is 0 Å². The highest BCUT2D eigenvalue weighted by atomic mass is 16.6. The van der Waals surface area contributed by atoms with Crippen molar-refractivity contribution in [3.05, 3.63) is 28.3 Å². The molecular weight excluding hydrogens is 218 g/mol. The second-order valence-electron chi connectivity index (χ2n) is 4.40. The minimum Gasteiger partial charge on any atom is -0.393 e. The number of hydrogen-bond acceptors (Lipinski definition) is 4. The first-order valence-electron chi connectivity index (χ1n) is 5.75. The van der Waals surface area contributed by atoms with E-state index in [1.165, 1.54) is 0 Å². The highest BCUT2D eigenvalue weighted by Crippen LogP contribution is 2.33. The van der Waals surface area contributed by atoms with Crippen LogP contribution in [-0.2, 0) is 0 Å². The van der Waals surface area contributed by atoms with Gasteiger partial charge in [0.2, 0.25) is 0 Å². The summed E-state index contributed by atoms with van der Waals surface area (Å²) in [5.41, 5.74) is 6.51. The van der Waals surface area contributed by atoms with E-state index in [1.54, 1.807) is 18.2 Å². The Labute approximate surface area is 101 Å². The molecule has 94 valence electrons. The predicted molar refractivity (Wildman–Crippen MR) is 70.2 cm³/mol. The zero-order valence-electron chi connectivity index (χ0n) is 10.5. The summed E-state index contributed by atoms with van der Waals surface area (Å²) in [5.74, 6) is 0.441. The third kappa shape index (κ3) is 3.09. The molecule has 0 fully saturated rings. The standard InChI is InChI=1S/C12H19N3O2/c1-4-14(8-9(2)3)11-7-5-6-10(13)12(11)15(16)17/h5-7,9H,4,8,13H2,1-3H3. The number of nitrogens with zero attached hydrogens (tertiary/aromatic N) is 2. The number of anilines is 2. The third-order valence-corrected chi connectivity index (χ3v) is 2.54. The summed E-state index contributed by atoms with van der Waals surface area (Å²) in [4.78, 5) is 12.6. The van der Waals surface area contributed by atoms with Crippen LogP contribution in [-0.4, -0.2) is 18.0 Å². The Kier molecular flexibility index (Phi) is 4.31. The van der Waals surface area contributed by atoms with E-state index in [4.69, 9.17) is 5.73 Å². The molecule has 0 spiro atoms. The molecule has 1 aromatic carbocycles. The van der Waals surface area contributed by atoms with Gasteiger partial charge in [0.05, 0.1) is 4.92 Å². The summed E-state index contributed by atoms with van der Waals surface area (Å²) >= 11 is 0. The quantitative estimate of drug-likeness (QED) is 0.485. The van der Waals surface area contributed by atoms with E-state index in [2.05, 4.69) is 13.8 Å². The fraction of sp³-hybridized carbons (Fsp3) is 0.500. The molecule has 5 nitrogen and oxygen atoms in total. The highest BCUT2D eigenvalue weighted by molar-refractivity contribution is 5.75. The number of nitrogen functional groups attached to an aromatic ring is 1. The number of nitro groups is 1. The molecule has 0 bridgehead atoms. The van der Waals surface area contributed by atoms with Crippen molar-refractivity contribution in [3.63, 3.8) is 0 Å². The van der Waals surface area contributed by atoms with E-state index in [1.807, 2.05) is 11.8 Å². The molecular formula is C12H19N3O2. The molecule has 5 heteroatoms. The topological polar surface area (TPSA) is 72.4 Å². The number of nitrogens with two attached hydrogens (primary N) is 1. The van der Waals surface area contributed by atoms with E-state index in [0.717, 1.165) is 13.1 Å². The smallest absolute Gasteiger partial charge is 0.315 e. The average Bonchev–Trinajstić information content (AvgIpc) is 2.24. The lowest BCUT2D eigenvalue weighted by atomic mass is 10.1. The first kappa shape index (κ1) is 13.3. The van der Waals surface area contributed by atoms with Gasteiger partial charge >= 0.3 is 5.69 Å². The largest absolute Gasteiger partial charge is 0.393 e. The molecule has 0 saturated carbocycles. The zero-order valence-corrected chi connectivity index (χ0v) is 10.5. The summed E-state index contributed by atoms with van der Waals surface area (Å²) in [7, 11) is 0. The lowest BCUT2D eigenvalue weighted by Gasteiger charge is -2.25. The van der Waals surface area contributed by atoms with Gasteiger partial charge in [0.15, 0.2) is 0 Å². The van der Waals surface area contributed by atoms with Crippen molar-refractivity contribution in [3.8, 4) is 0 Å². The van der Waals surface area contributed by atoms with Gasteiger partial charge in [-0.25, -0.2) is 0 Å². The van der Waals surface area contributed by atoms with E-state index < -0.39 is 4.92 Å². The van der Waals surface area contributed by atoms with Crippen LogP contribution < -0.4 is 10.6 Å². The van der Waals surface area contributed by atoms with Crippen molar-refractivity contribution in [2.45, 2.75) is 20.8 Å². The Morgan fingerprint density at radius 1 is 1.47 bits per heavy atom. The molecule has 0 amide bonds. The lowest BCUT2D eigenvalue weighted by Crippen LogP contribution is -2.28.